The number of aryl methyl sites for hydroxylation is 2. The van der Waals surface area contributed by atoms with Crippen LogP contribution >= 0.6 is 0 Å². The number of hydrogen-bond donors (Lipinski definition) is 1. The van der Waals surface area contributed by atoms with Gasteiger partial charge in [-0.1, -0.05) is 47.5 Å². The fourth-order valence-electron chi connectivity index (χ4n) is 3.95. The number of Topliss-reactive ketones (excluding diaryl/α,β-unsaturated/α-hetero) is 1. The Bertz CT molecular complexity index is 1250. The van der Waals surface area contributed by atoms with Crippen molar-refractivity contribution in [2.45, 2.75) is 19.9 Å². The molecule has 0 radical (unpaired) electrons. The van der Waals surface area contributed by atoms with Crippen molar-refractivity contribution < 1.29 is 23.8 Å². The van der Waals surface area contributed by atoms with E-state index in [2.05, 4.69) is 0 Å². The van der Waals surface area contributed by atoms with Crippen molar-refractivity contribution in [3.8, 4) is 5.75 Å². The molecule has 32 heavy (non-hydrogen) atoms. The molecular formula is C26H22FNO4. The number of ether oxygens (including phenoxy) is 1. The van der Waals surface area contributed by atoms with Gasteiger partial charge in [-0.2, -0.15) is 0 Å². The number of ketones is 1. The average Bonchev–Trinajstić information content (AvgIpc) is 3.04. The average molecular weight is 431 g/mol. The van der Waals surface area contributed by atoms with Crippen LogP contribution in [0.5, 0.6) is 5.75 Å². The predicted molar refractivity (Wildman–Crippen MR) is 120 cm³/mol. The zero-order valence-corrected chi connectivity index (χ0v) is 17.9. The number of nitrogens with zero attached hydrogens (tertiary/aromatic N) is 1. The summed E-state index contributed by atoms with van der Waals surface area (Å²) in [6, 6.07) is 16.9. The molecule has 0 bridgehead atoms. The maximum Gasteiger partial charge on any atom is 0.300 e. The van der Waals surface area contributed by atoms with Gasteiger partial charge in [0.2, 0.25) is 0 Å². The molecule has 162 valence electrons. The van der Waals surface area contributed by atoms with Crippen molar-refractivity contribution in [2.24, 2.45) is 0 Å². The van der Waals surface area contributed by atoms with E-state index in [0.717, 1.165) is 11.1 Å². The number of amides is 1. The monoisotopic (exact) mass is 431 g/mol. The highest BCUT2D eigenvalue weighted by atomic mass is 19.1. The highest BCUT2D eigenvalue weighted by Crippen LogP contribution is 2.44. The summed E-state index contributed by atoms with van der Waals surface area (Å²) in [6.45, 7) is 3.73. The standard InChI is InChI=1S/C26H22FNO4/c1-15-8-11-17(12-9-15)28-23(18-6-4-5-7-20(18)27)22(25(30)26(28)31)24(29)19-14-16(2)10-13-21(19)32-3/h4-14,23,29H,1-3H3/b24-22+. The van der Waals surface area contributed by atoms with Crippen molar-refractivity contribution in [2.75, 3.05) is 12.0 Å². The number of aliphatic hydroxyl groups is 1. The molecule has 1 unspecified atom stereocenters. The molecule has 3 aromatic carbocycles. The second-order valence-corrected chi connectivity index (χ2v) is 7.73. The number of benzene rings is 3. The fourth-order valence-corrected chi connectivity index (χ4v) is 3.95. The summed E-state index contributed by atoms with van der Waals surface area (Å²) < 4.78 is 20.3. The zero-order chi connectivity index (χ0) is 23.0. The molecule has 1 aliphatic heterocycles. The molecule has 1 atom stereocenters. The van der Waals surface area contributed by atoms with Crippen LogP contribution in [0, 0.1) is 19.7 Å². The van der Waals surface area contributed by atoms with Crippen molar-refractivity contribution >= 4 is 23.1 Å². The summed E-state index contributed by atoms with van der Waals surface area (Å²) in [5.41, 5.74) is 2.40. The quantitative estimate of drug-likeness (QED) is 0.356. The lowest BCUT2D eigenvalue weighted by molar-refractivity contribution is -0.132. The van der Waals surface area contributed by atoms with E-state index in [0.29, 0.717) is 11.4 Å². The summed E-state index contributed by atoms with van der Waals surface area (Å²) in [7, 11) is 1.45. The lowest BCUT2D eigenvalue weighted by atomic mass is 9.94. The van der Waals surface area contributed by atoms with Crippen LogP contribution in [0.4, 0.5) is 10.1 Å². The molecule has 0 spiro atoms. The minimum atomic E-state index is -1.14. The maximum absolute atomic E-state index is 14.9. The Morgan fingerprint density at radius 2 is 1.62 bits per heavy atom. The van der Waals surface area contributed by atoms with Gasteiger partial charge in [0.15, 0.2) is 0 Å². The van der Waals surface area contributed by atoms with Gasteiger partial charge in [-0.25, -0.2) is 4.39 Å². The Balaban J connectivity index is 2.01. The molecule has 1 amide bonds. The molecule has 5 nitrogen and oxygen atoms in total. The zero-order valence-electron chi connectivity index (χ0n) is 17.9. The van der Waals surface area contributed by atoms with E-state index in [9.17, 15) is 19.1 Å². The molecular weight excluding hydrogens is 409 g/mol. The van der Waals surface area contributed by atoms with Crippen molar-refractivity contribution in [3.63, 3.8) is 0 Å². The number of halogens is 1. The minimum absolute atomic E-state index is 0.112. The van der Waals surface area contributed by atoms with Gasteiger partial charge < -0.3 is 9.84 Å². The lowest BCUT2D eigenvalue weighted by Gasteiger charge is -2.26. The van der Waals surface area contributed by atoms with Gasteiger partial charge in [-0.05, 0) is 44.2 Å². The highest BCUT2D eigenvalue weighted by Gasteiger charge is 2.48. The van der Waals surface area contributed by atoms with Gasteiger partial charge in [0.1, 0.15) is 17.3 Å². The van der Waals surface area contributed by atoms with E-state index < -0.39 is 29.3 Å². The van der Waals surface area contributed by atoms with Crippen LogP contribution in [0.1, 0.15) is 28.3 Å². The topological polar surface area (TPSA) is 66.8 Å². The van der Waals surface area contributed by atoms with Crippen LogP contribution in [0.25, 0.3) is 5.76 Å². The molecule has 4 rings (SSSR count). The first-order valence-corrected chi connectivity index (χ1v) is 10.1. The Labute approximate surface area is 185 Å². The van der Waals surface area contributed by atoms with E-state index in [1.807, 2.05) is 13.8 Å². The molecule has 0 aliphatic carbocycles. The predicted octanol–water partition coefficient (Wildman–Crippen LogP) is 5.08. The molecule has 0 aromatic heterocycles. The van der Waals surface area contributed by atoms with Gasteiger partial charge >= 0.3 is 0 Å². The van der Waals surface area contributed by atoms with Crippen LogP contribution in [0.2, 0.25) is 0 Å². The summed E-state index contributed by atoms with van der Waals surface area (Å²) in [4.78, 5) is 27.5. The number of hydrogen-bond acceptors (Lipinski definition) is 4. The summed E-state index contributed by atoms with van der Waals surface area (Å²) in [5, 5.41) is 11.3. The van der Waals surface area contributed by atoms with E-state index >= 15 is 0 Å². The molecule has 6 heteroatoms. The van der Waals surface area contributed by atoms with E-state index in [4.69, 9.17) is 4.74 Å². The molecule has 3 aromatic rings. The third-order valence-electron chi connectivity index (χ3n) is 5.57. The molecule has 1 fully saturated rings. The Hall–Kier alpha value is -3.93. The normalized spacial score (nSPS) is 17.6. The second kappa shape index (κ2) is 8.30. The Kier molecular flexibility index (Phi) is 5.53. The molecule has 1 N–H and O–H groups in total. The van der Waals surface area contributed by atoms with Crippen LogP contribution in [-0.4, -0.2) is 23.9 Å². The van der Waals surface area contributed by atoms with Gasteiger partial charge in [0.05, 0.1) is 24.3 Å². The first-order valence-electron chi connectivity index (χ1n) is 10.1. The fraction of sp³-hybridized carbons (Fsp3) is 0.154. The van der Waals surface area contributed by atoms with E-state index in [-0.39, 0.29) is 16.7 Å². The first kappa shape index (κ1) is 21.3. The van der Waals surface area contributed by atoms with Crippen LogP contribution in [0.3, 0.4) is 0 Å². The SMILES string of the molecule is COc1ccc(C)cc1/C(O)=C1\C(=O)C(=O)N(c2ccc(C)cc2)C1c1ccccc1F. The number of carbonyl (C=O) groups excluding carboxylic acids is 2. The summed E-state index contributed by atoms with van der Waals surface area (Å²) in [6.07, 6.45) is 0. The highest BCUT2D eigenvalue weighted by molar-refractivity contribution is 6.51. The third kappa shape index (κ3) is 3.54. The Morgan fingerprint density at radius 1 is 0.969 bits per heavy atom. The molecule has 0 saturated carbocycles. The smallest absolute Gasteiger partial charge is 0.300 e. The number of carbonyl (C=O) groups is 2. The van der Waals surface area contributed by atoms with E-state index in [1.165, 1.54) is 30.2 Å². The van der Waals surface area contributed by atoms with Crippen molar-refractivity contribution in [1.82, 2.24) is 0 Å². The summed E-state index contributed by atoms with van der Waals surface area (Å²) >= 11 is 0. The lowest BCUT2D eigenvalue weighted by Crippen LogP contribution is -2.29. The van der Waals surface area contributed by atoms with Crippen molar-refractivity contribution in [1.29, 1.82) is 0 Å². The van der Waals surface area contributed by atoms with Crippen LogP contribution < -0.4 is 9.64 Å². The number of aliphatic hydroxyl groups excluding tert-OH is 1. The summed E-state index contributed by atoms with van der Waals surface area (Å²) in [5.74, 6) is -2.39. The molecule has 1 saturated heterocycles. The second-order valence-electron chi connectivity index (χ2n) is 7.73. The minimum Gasteiger partial charge on any atom is -0.507 e. The maximum atomic E-state index is 14.9. The van der Waals surface area contributed by atoms with Crippen molar-refractivity contribution in [3.05, 3.63) is 100 Å². The van der Waals surface area contributed by atoms with E-state index in [1.54, 1.807) is 48.5 Å². The molecule has 1 heterocycles. The van der Waals surface area contributed by atoms with Crippen LogP contribution in [0.15, 0.2) is 72.3 Å². The Morgan fingerprint density at radius 3 is 2.28 bits per heavy atom. The van der Waals surface area contributed by atoms with Gasteiger partial charge in [0, 0.05) is 11.3 Å². The first-order chi connectivity index (χ1) is 15.3. The number of methoxy groups -OCH3 is 1. The van der Waals surface area contributed by atoms with Crippen LogP contribution in [-0.2, 0) is 9.59 Å². The number of rotatable bonds is 4. The third-order valence-corrected chi connectivity index (χ3v) is 5.57. The molecule has 1 aliphatic rings. The number of anilines is 1. The van der Waals surface area contributed by atoms with Gasteiger partial charge in [-0.15, -0.1) is 0 Å². The largest absolute Gasteiger partial charge is 0.507 e. The van der Waals surface area contributed by atoms with Gasteiger partial charge in [-0.3, -0.25) is 14.5 Å². The van der Waals surface area contributed by atoms with Gasteiger partial charge in [0.25, 0.3) is 11.7 Å².